The first kappa shape index (κ1) is 37.4. The predicted molar refractivity (Wildman–Crippen MR) is 132 cm³/mol. The van der Waals surface area contributed by atoms with E-state index in [9.17, 15) is 19.8 Å². The minimum atomic E-state index is -0.907. The van der Waals surface area contributed by atoms with Crippen molar-refractivity contribution in [3.8, 4) is 0 Å². The maximum atomic E-state index is 10.1. The number of hydrogen-bond acceptors (Lipinski definition) is 4. The molecular formula is C28H54CdO4. The second-order valence-corrected chi connectivity index (χ2v) is 9.32. The molecule has 0 heterocycles. The van der Waals surface area contributed by atoms with Crippen molar-refractivity contribution in [3.63, 3.8) is 0 Å². The Bertz CT molecular complexity index is 352. The van der Waals surface area contributed by atoms with Crippen LogP contribution in [0.3, 0.4) is 0 Å². The standard InChI is InChI=1S/2C14H28O2.Cd/c2*1-2-3-4-5-6-7-8-9-10-11-12-13-14(15)16;/h2*2-13H2,1H3,(H,15,16);/q;;+2/p-2. The van der Waals surface area contributed by atoms with E-state index in [2.05, 4.69) is 13.8 Å². The average Bonchev–Trinajstić information content (AvgIpc) is 2.76. The number of aliphatic carboxylic acids is 2. The van der Waals surface area contributed by atoms with Gasteiger partial charge in [0.15, 0.2) is 0 Å². The Morgan fingerprint density at radius 3 is 0.758 bits per heavy atom. The summed E-state index contributed by atoms with van der Waals surface area (Å²) < 4.78 is 0. The smallest absolute Gasteiger partial charge is 0.550 e. The molecule has 0 aliphatic carbocycles. The number of carbonyl (C=O) groups excluding carboxylic acids is 2. The SMILES string of the molecule is CCCCCCCCCCCCCC(=O)[O-].CCCCCCCCCCCCCC(=O)[O-].[Cd+2]. The number of carbonyl (C=O) groups is 2. The van der Waals surface area contributed by atoms with Gasteiger partial charge in [0.2, 0.25) is 0 Å². The molecule has 0 aromatic carbocycles. The fraction of sp³-hybridized carbons (Fsp3) is 0.929. The van der Waals surface area contributed by atoms with E-state index in [1.165, 1.54) is 116 Å². The van der Waals surface area contributed by atoms with Crippen molar-refractivity contribution >= 4 is 11.9 Å². The molecule has 0 aliphatic rings. The molecule has 0 fully saturated rings. The molecule has 0 rings (SSSR count). The van der Waals surface area contributed by atoms with Gasteiger partial charge in [-0.2, -0.15) is 0 Å². The first-order valence-corrected chi connectivity index (χ1v) is 13.9. The first-order chi connectivity index (χ1) is 15.5. The zero-order chi connectivity index (χ0) is 24.1. The largest absolute Gasteiger partial charge is 2.00 e. The molecule has 0 radical (unpaired) electrons. The third kappa shape index (κ3) is 42.5. The average molecular weight is 567 g/mol. The zero-order valence-corrected chi connectivity index (χ0v) is 26.3. The molecule has 5 heteroatoms. The second kappa shape index (κ2) is 34.0. The van der Waals surface area contributed by atoms with Gasteiger partial charge in [-0.25, -0.2) is 0 Å². The number of carboxylic acids is 2. The summed E-state index contributed by atoms with van der Waals surface area (Å²) in [6.07, 6.45) is 28.1. The molecule has 33 heavy (non-hydrogen) atoms. The Balaban J connectivity index is -0.000000529. The monoisotopic (exact) mass is 568 g/mol. The van der Waals surface area contributed by atoms with Gasteiger partial charge in [-0.1, -0.05) is 142 Å². The van der Waals surface area contributed by atoms with Crippen molar-refractivity contribution < 1.29 is 47.1 Å². The summed E-state index contributed by atoms with van der Waals surface area (Å²) in [5, 5.41) is 20.3. The van der Waals surface area contributed by atoms with Gasteiger partial charge in [0.25, 0.3) is 0 Å². The van der Waals surface area contributed by atoms with Crippen LogP contribution < -0.4 is 10.2 Å². The van der Waals surface area contributed by atoms with Crippen molar-refractivity contribution in [2.24, 2.45) is 0 Å². The Morgan fingerprint density at radius 2 is 0.576 bits per heavy atom. The summed E-state index contributed by atoms with van der Waals surface area (Å²) in [7, 11) is 0. The summed E-state index contributed by atoms with van der Waals surface area (Å²) in [6.45, 7) is 4.49. The van der Waals surface area contributed by atoms with Gasteiger partial charge in [-0.05, 0) is 25.7 Å². The third-order valence-corrected chi connectivity index (χ3v) is 5.97. The fourth-order valence-electron chi connectivity index (χ4n) is 3.87. The molecule has 0 saturated heterocycles. The van der Waals surface area contributed by atoms with Crippen LogP contribution in [0.5, 0.6) is 0 Å². The summed E-state index contributed by atoms with van der Waals surface area (Å²) in [5.74, 6) is -1.81. The number of rotatable bonds is 24. The molecule has 0 aromatic rings. The number of unbranched alkanes of at least 4 members (excludes halogenated alkanes) is 20. The van der Waals surface area contributed by atoms with Crippen LogP contribution in [0, 0.1) is 0 Å². The number of carboxylic acid groups (broad SMARTS) is 2. The molecule has 0 aromatic heterocycles. The predicted octanol–water partition coefficient (Wildman–Crippen LogP) is 6.87. The Hall–Kier alpha value is -0.138. The first-order valence-electron chi connectivity index (χ1n) is 13.9. The van der Waals surface area contributed by atoms with E-state index >= 15 is 0 Å². The molecule has 0 bridgehead atoms. The minimum Gasteiger partial charge on any atom is -0.550 e. The van der Waals surface area contributed by atoms with Crippen LogP contribution >= 0.6 is 0 Å². The van der Waals surface area contributed by atoms with Gasteiger partial charge in [-0.15, -0.1) is 0 Å². The van der Waals surface area contributed by atoms with Crippen LogP contribution in [-0.2, 0) is 36.9 Å². The van der Waals surface area contributed by atoms with Crippen LogP contribution in [0.25, 0.3) is 0 Å². The minimum absolute atomic E-state index is 0. The molecule has 0 N–H and O–H groups in total. The van der Waals surface area contributed by atoms with E-state index < -0.39 is 11.9 Å². The van der Waals surface area contributed by atoms with Gasteiger partial charge in [0.1, 0.15) is 0 Å². The van der Waals surface area contributed by atoms with Gasteiger partial charge < -0.3 is 19.8 Å². The molecule has 192 valence electrons. The Morgan fingerprint density at radius 1 is 0.394 bits per heavy atom. The van der Waals surface area contributed by atoms with Crippen LogP contribution in [0.1, 0.15) is 168 Å². The van der Waals surface area contributed by atoms with E-state index in [0.29, 0.717) is 0 Å². The summed E-state index contributed by atoms with van der Waals surface area (Å²) in [4.78, 5) is 20.3. The van der Waals surface area contributed by atoms with Crippen molar-refractivity contribution in [1.82, 2.24) is 0 Å². The van der Waals surface area contributed by atoms with Crippen molar-refractivity contribution in [2.45, 2.75) is 168 Å². The molecule has 0 spiro atoms. The van der Waals surface area contributed by atoms with Crippen LogP contribution in [0.15, 0.2) is 0 Å². The molecule has 0 aliphatic heterocycles. The van der Waals surface area contributed by atoms with Crippen LogP contribution in [0.4, 0.5) is 0 Å². The zero-order valence-electron chi connectivity index (χ0n) is 22.3. The maximum Gasteiger partial charge on any atom is 2.00 e. The van der Waals surface area contributed by atoms with E-state index in [1.54, 1.807) is 0 Å². The van der Waals surface area contributed by atoms with Gasteiger partial charge in [-0.3, -0.25) is 0 Å². The van der Waals surface area contributed by atoms with Crippen molar-refractivity contribution in [2.75, 3.05) is 0 Å². The van der Waals surface area contributed by atoms with E-state index in [1.807, 2.05) is 0 Å². The molecule has 4 nitrogen and oxygen atoms in total. The maximum absolute atomic E-state index is 10.1. The van der Waals surface area contributed by atoms with E-state index in [4.69, 9.17) is 0 Å². The summed E-state index contributed by atoms with van der Waals surface area (Å²) >= 11 is 0. The van der Waals surface area contributed by atoms with Crippen LogP contribution in [0.2, 0.25) is 0 Å². The number of hydrogen-bond donors (Lipinski definition) is 0. The summed E-state index contributed by atoms with van der Waals surface area (Å²) in [6, 6.07) is 0. The second-order valence-electron chi connectivity index (χ2n) is 9.32. The van der Waals surface area contributed by atoms with E-state index in [-0.39, 0.29) is 40.1 Å². The topological polar surface area (TPSA) is 80.3 Å². The van der Waals surface area contributed by atoms with Crippen LogP contribution in [-0.4, -0.2) is 11.9 Å². The van der Waals surface area contributed by atoms with Gasteiger partial charge >= 0.3 is 27.3 Å². The van der Waals surface area contributed by atoms with Gasteiger partial charge in [0, 0.05) is 11.9 Å². The molecular weight excluding hydrogens is 513 g/mol. The van der Waals surface area contributed by atoms with Gasteiger partial charge in [0.05, 0.1) is 0 Å². The third-order valence-electron chi connectivity index (χ3n) is 5.97. The normalized spacial score (nSPS) is 10.2. The molecule has 0 saturated carbocycles. The Kier molecular flexibility index (Phi) is 38.6. The molecule has 0 atom stereocenters. The van der Waals surface area contributed by atoms with Crippen molar-refractivity contribution in [1.29, 1.82) is 0 Å². The quantitative estimate of drug-likeness (QED) is 0.0942. The fourth-order valence-corrected chi connectivity index (χ4v) is 3.87. The Labute approximate surface area is 226 Å². The van der Waals surface area contributed by atoms with E-state index in [0.717, 1.165) is 25.7 Å². The molecule has 0 amide bonds. The van der Waals surface area contributed by atoms with Crippen molar-refractivity contribution in [3.05, 3.63) is 0 Å². The molecule has 0 unspecified atom stereocenters. The summed E-state index contributed by atoms with van der Waals surface area (Å²) in [5.41, 5.74) is 0.